The van der Waals surface area contributed by atoms with Gasteiger partial charge in [-0.3, -0.25) is 0 Å². The zero-order chi connectivity index (χ0) is 12.8. The van der Waals surface area contributed by atoms with Crippen molar-refractivity contribution in [3.8, 4) is 0 Å². The lowest BCUT2D eigenvalue weighted by Crippen LogP contribution is -2.22. The van der Waals surface area contributed by atoms with Gasteiger partial charge in [0.15, 0.2) is 0 Å². The molecule has 0 fully saturated rings. The van der Waals surface area contributed by atoms with E-state index in [0.29, 0.717) is 0 Å². The van der Waals surface area contributed by atoms with Crippen LogP contribution in [0.15, 0.2) is 17.2 Å². The van der Waals surface area contributed by atoms with E-state index in [1.807, 2.05) is 0 Å². The highest BCUT2D eigenvalue weighted by molar-refractivity contribution is 7.92. The first-order valence-electron chi connectivity index (χ1n) is 3.53. The minimum atomic E-state index is -5.75. The van der Waals surface area contributed by atoms with Gasteiger partial charge in [-0.1, -0.05) is 0 Å². The van der Waals surface area contributed by atoms with E-state index in [1.165, 1.54) is 4.98 Å². The molecule has 0 aliphatic rings. The van der Waals surface area contributed by atoms with Gasteiger partial charge in [0.05, 0.1) is 4.90 Å². The molecule has 0 radical (unpaired) electrons. The minimum absolute atomic E-state index is 0.108. The van der Waals surface area contributed by atoms with E-state index in [2.05, 4.69) is 0 Å². The molecule has 0 amide bonds. The summed E-state index contributed by atoms with van der Waals surface area (Å²) in [4.78, 5) is -0.0457. The van der Waals surface area contributed by atoms with Gasteiger partial charge in [0.25, 0.3) is 9.84 Å². The quantitative estimate of drug-likeness (QED) is 0.794. The van der Waals surface area contributed by atoms with Crippen molar-refractivity contribution < 1.29 is 34.8 Å². The number of H-pyrrole nitrogens is 1. The molecule has 0 aromatic carbocycles. The van der Waals surface area contributed by atoms with Crippen molar-refractivity contribution in [3.63, 3.8) is 0 Å². The Kier molecular flexibility index (Phi) is 2.74. The van der Waals surface area contributed by atoms with Crippen LogP contribution < -0.4 is 0 Å². The number of rotatable bonds is 1. The Balaban J connectivity index is 3.24. The molecule has 1 rings (SSSR count). The summed E-state index contributed by atoms with van der Waals surface area (Å²) in [7, 11) is -5.75. The Morgan fingerprint density at radius 3 is 1.88 bits per heavy atom. The van der Waals surface area contributed by atoms with E-state index in [4.69, 9.17) is 0 Å². The molecule has 0 spiro atoms. The molecule has 1 heterocycles. The summed E-state index contributed by atoms with van der Waals surface area (Å²) >= 11 is 0. The second-order valence-corrected chi connectivity index (χ2v) is 4.64. The molecule has 1 aromatic rings. The van der Waals surface area contributed by atoms with Crippen molar-refractivity contribution in [2.24, 2.45) is 0 Å². The van der Waals surface area contributed by atoms with Crippen molar-refractivity contribution in [1.29, 1.82) is 0 Å². The summed E-state index contributed by atoms with van der Waals surface area (Å²) in [6, 6.07) is -0.108. The van der Waals surface area contributed by atoms with Crippen LogP contribution in [0.4, 0.5) is 26.3 Å². The van der Waals surface area contributed by atoms with Crippen LogP contribution in [0.3, 0.4) is 0 Å². The highest BCUT2D eigenvalue weighted by Gasteiger charge is 2.48. The van der Waals surface area contributed by atoms with Gasteiger partial charge >= 0.3 is 11.7 Å². The molecule has 0 saturated heterocycles. The number of alkyl halides is 6. The molecule has 0 atom stereocenters. The maximum absolute atomic E-state index is 12.0. The molecule has 1 N–H and O–H groups in total. The minimum Gasteiger partial charge on any atom is -0.356 e. The van der Waals surface area contributed by atoms with E-state index in [-0.39, 0.29) is 12.3 Å². The van der Waals surface area contributed by atoms with Crippen molar-refractivity contribution in [1.82, 2.24) is 4.98 Å². The molecule has 0 aliphatic heterocycles. The van der Waals surface area contributed by atoms with E-state index in [0.717, 1.165) is 0 Å². The van der Waals surface area contributed by atoms with Gasteiger partial charge in [-0.25, -0.2) is 8.42 Å². The zero-order valence-corrected chi connectivity index (χ0v) is 7.96. The number of aromatic amines is 1. The fraction of sp³-hybridized carbons (Fsp3) is 0.333. The Hall–Kier alpha value is -1.19. The molecule has 16 heavy (non-hydrogen) atoms. The van der Waals surface area contributed by atoms with Gasteiger partial charge in [-0.2, -0.15) is 26.3 Å². The highest BCUT2D eigenvalue weighted by Crippen LogP contribution is 2.34. The fourth-order valence-corrected chi connectivity index (χ4v) is 1.58. The lowest BCUT2D eigenvalue weighted by atomic mass is 10.4. The predicted octanol–water partition coefficient (Wildman–Crippen LogP) is 2.33. The number of sulfone groups is 1. The predicted molar refractivity (Wildman–Crippen MR) is 39.0 cm³/mol. The number of hydrogen-bond donors (Lipinski definition) is 1. The summed E-state index contributed by atoms with van der Waals surface area (Å²) in [5, 5.41) is 0. The zero-order valence-electron chi connectivity index (χ0n) is 7.15. The highest BCUT2D eigenvalue weighted by atomic mass is 32.2. The van der Waals surface area contributed by atoms with Crippen LogP contribution in [-0.4, -0.2) is 18.9 Å². The van der Waals surface area contributed by atoms with Crippen LogP contribution in [0.5, 0.6) is 0 Å². The summed E-state index contributed by atoms with van der Waals surface area (Å²) in [6.45, 7) is 0. The number of aromatic nitrogens is 1. The molecule has 3 nitrogen and oxygen atoms in total. The number of nitrogens with one attached hydrogen (secondary N) is 1. The summed E-state index contributed by atoms with van der Waals surface area (Å²) in [5.74, 6) is 0. The van der Waals surface area contributed by atoms with Gasteiger partial charge in [-0.15, -0.1) is 0 Å². The normalized spacial score (nSPS) is 14.1. The van der Waals surface area contributed by atoms with Gasteiger partial charge in [-0.05, 0) is 6.07 Å². The molecule has 92 valence electrons. The number of halogens is 6. The number of hydrogen-bond acceptors (Lipinski definition) is 2. The standard InChI is InChI=1S/C6H3F6NO2S/c7-5(8,9)4-1-3(2-13-4)16(14,15)6(10,11)12/h1-2,13H. The Morgan fingerprint density at radius 2 is 1.56 bits per heavy atom. The van der Waals surface area contributed by atoms with E-state index in [9.17, 15) is 34.8 Å². The molecular formula is C6H3F6NO2S. The molecule has 1 aromatic heterocycles. The average molecular weight is 267 g/mol. The Morgan fingerprint density at radius 1 is 1.06 bits per heavy atom. The van der Waals surface area contributed by atoms with Crippen LogP contribution in [0.25, 0.3) is 0 Å². The second kappa shape index (κ2) is 3.40. The third-order valence-electron chi connectivity index (χ3n) is 1.58. The second-order valence-electron chi connectivity index (χ2n) is 2.70. The summed E-state index contributed by atoms with van der Waals surface area (Å²) in [6.07, 6.45) is -4.79. The largest absolute Gasteiger partial charge is 0.501 e. The van der Waals surface area contributed by atoms with E-state index in [1.54, 1.807) is 0 Å². The molecule has 0 aliphatic carbocycles. The fourth-order valence-electron chi connectivity index (χ4n) is 0.827. The molecule has 10 heteroatoms. The molecule has 0 bridgehead atoms. The van der Waals surface area contributed by atoms with Crippen LogP contribution in [0.2, 0.25) is 0 Å². The smallest absolute Gasteiger partial charge is 0.356 e. The van der Waals surface area contributed by atoms with Gasteiger partial charge in [0, 0.05) is 6.20 Å². The van der Waals surface area contributed by atoms with E-state index < -0.39 is 32.1 Å². The lowest BCUT2D eigenvalue weighted by molar-refractivity contribution is -0.140. The first-order chi connectivity index (χ1) is 6.96. The summed E-state index contributed by atoms with van der Waals surface area (Å²) in [5.41, 5.74) is -7.19. The van der Waals surface area contributed by atoms with Crippen molar-refractivity contribution in [2.45, 2.75) is 16.6 Å². The van der Waals surface area contributed by atoms with Crippen LogP contribution >= 0.6 is 0 Å². The Labute approximate surface area is 85.0 Å². The van der Waals surface area contributed by atoms with Gasteiger partial charge in [0.1, 0.15) is 5.69 Å². The summed E-state index contributed by atoms with van der Waals surface area (Å²) < 4.78 is 93.1. The van der Waals surface area contributed by atoms with Gasteiger partial charge < -0.3 is 4.98 Å². The van der Waals surface area contributed by atoms with Crippen LogP contribution in [0, 0.1) is 0 Å². The maximum atomic E-state index is 12.0. The Bertz CT molecular complexity index is 482. The topological polar surface area (TPSA) is 49.9 Å². The monoisotopic (exact) mass is 267 g/mol. The molecule has 0 saturated carbocycles. The lowest BCUT2D eigenvalue weighted by Gasteiger charge is -2.05. The van der Waals surface area contributed by atoms with Crippen LogP contribution in [-0.2, 0) is 16.0 Å². The SMILES string of the molecule is O=S(=O)(c1c[nH]c(C(F)(F)F)c1)C(F)(F)F. The first kappa shape index (κ1) is 12.9. The van der Waals surface area contributed by atoms with E-state index >= 15 is 0 Å². The average Bonchev–Trinajstić information content (AvgIpc) is 2.47. The molecule has 0 unspecified atom stereocenters. The van der Waals surface area contributed by atoms with Crippen molar-refractivity contribution in [2.75, 3.05) is 0 Å². The first-order valence-corrected chi connectivity index (χ1v) is 5.01. The maximum Gasteiger partial charge on any atom is 0.501 e. The molecular weight excluding hydrogens is 264 g/mol. The van der Waals surface area contributed by atoms with Crippen molar-refractivity contribution in [3.05, 3.63) is 18.0 Å². The third-order valence-corrected chi connectivity index (χ3v) is 3.04. The third kappa shape index (κ3) is 2.15. The van der Waals surface area contributed by atoms with Crippen LogP contribution in [0.1, 0.15) is 5.69 Å². The van der Waals surface area contributed by atoms with Gasteiger partial charge in [0.2, 0.25) is 0 Å². The van der Waals surface area contributed by atoms with Crippen molar-refractivity contribution >= 4 is 9.84 Å².